The third-order valence-corrected chi connectivity index (χ3v) is 2.32. The smallest absolute Gasteiger partial charge is 0.373 e. The summed E-state index contributed by atoms with van der Waals surface area (Å²) < 4.78 is 4.61. The molecule has 0 aliphatic rings. The van der Waals surface area contributed by atoms with Crippen LogP contribution in [0.1, 0.15) is 35.2 Å². The number of rotatable bonds is 3. The highest BCUT2D eigenvalue weighted by Gasteiger charge is 2.07. The van der Waals surface area contributed by atoms with Gasteiger partial charge in [0.15, 0.2) is 0 Å². The minimum absolute atomic E-state index is 0.250. The Morgan fingerprint density at radius 3 is 2.22 bits per heavy atom. The van der Waals surface area contributed by atoms with E-state index in [1.165, 1.54) is 7.11 Å². The molecule has 1 unspecified atom stereocenters. The van der Waals surface area contributed by atoms with Crippen LogP contribution in [0.25, 0.3) is 0 Å². The van der Waals surface area contributed by atoms with Gasteiger partial charge in [0.1, 0.15) is 0 Å². The van der Waals surface area contributed by atoms with Crippen molar-refractivity contribution in [2.24, 2.45) is 0 Å². The Labute approximate surface area is 106 Å². The minimum Gasteiger partial charge on any atom is -0.465 e. The van der Waals surface area contributed by atoms with Crippen LogP contribution in [0.2, 0.25) is 0 Å². The second-order valence-corrected chi connectivity index (χ2v) is 3.51. The summed E-state index contributed by atoms with van der Waals surface area (Å²) in [6.07, 6.45) is 6.20. The lowest BCUT2D eigenvalue weighted by Crippen LogP contribution is -2.01. The van der Waals surface area contributed by atoms with Gasteiger partial charge >= 0.3 is 12.1 Å². The highest BCUT2D eigenvalue weighted by atomic mass is 16.5. The summed E-state index contributed by atoms with van der Waals surface area (Å²) in [5.74, 6) is 2.63. The van der Waals surface area contributed by atoms with Crippen molar-refractivity contribution in [3.8, 4) is 12.3 Å². The molecular weight excluding hydrogens is 232 g/mol. The molecule has 0 aromatic heterocycles. The molecule has 0 fully saturated rings. The van der Waals surface area contributed by atoms with Crippen LogP contribution >= 0.6 is 0 Å². The van der Waals surface area contributed by atoms with Crippen LogP contribution in [-0.4, -0.2) is 19.2 Å². The molecule has 1 atom stereocenters. The molecular formula is C14H14O4. The van der Waals surface area contributed by atoms with Crippen LogP contribution in [0.15, 0.2) is 24.3 Å². The van der Waals surface area contributed by atoms with Gasteiger partial charge in [0.25, 0.3) is 0 Å². The molecule has 1 rings (SSSR count). The lowest BCUT2D eigenvalue weighted by Gasteiger charge is -2.08. The van der Waals surface area contributed by atoms with Gasteiger partial charge in [-0.1, -0.05) is 19.1 Å². The van der Waals surface area contributed by atoms with Crippen LogP contribution < -0.4 is 0 Å². The van der Waals surface area contributed by atoms with Gasteiger partial charge in [-0.25, -0.2) is 4.79 Å². The fourth-order valence-corrected chi connectivity index (χ4v) is 1.36. The van der Waals surface area contributed by atoms with Crippen LogP contribution in [0.5, 0.6) is 0 Å². The van der Waals surface area contributed by atoms with Crippen molar-refractivity contribution in [3.63, 3.8) is 0 Å². The van der Waals surface area contributed by atoms with E-state index in [0.29, 0.717) is 17.9 Å². The molecule has 0 spiro atoms. The van der Waals surface area contributed by atoms with Crippen molar-refractivity contribution in [1.82, 2.24) is 0 Å². The average Bonchev–Trinajstić information content (AvgIpc) is 2.39. The van der Waals surface area contributed by atoms with E-state index >= 15 is 0 Å². The topological polar surface area (TPSA) is 60.4 Å². The number of benzene rings is 1. The molecule has 94 valence electrons. The van der Waals surface area contributed by atoms with E-state index in [-0.39, 0.29) is 12.1 Å². The Hall–Kier alpha value is -2.37. The molecule has 0 radical (unpaired) electrons. The van der Waals surface area contributed by atoms with Gasteiger partial charge in [-0.05, 0) is 23.6 Å². The summed E-state index contributed by atoms with van der Waals surface area (Å²) in [5.41, 5.74) is 1.70. The van der Waals surface area contributed by atoms with Crippen molar-refractivity contribution in [2.75, 3.05) is 7.11 Å². The summed E-state index contributed by atoms with van der Waals surface area (Å²) in [5, 5.41) is 0. The first-order valence-electron chi connectivity index (χ1n) is 5.21. The fraction of sp³-hybridized carbons (Fsp3) is 0.286. The molecule has 0 amide bonds. The number of hydrogen-bond acceptors (Lipinski definition) is 4. The van der Waals surface area contributed by atoms with Crippen molar-refractivity contribution >= 4 is 12.1 Å². The van der Waals surface area contributed by atoms with E-state index in [1.54, 1.807) is 12.1 Å². The summed E-state index contributed by atoms with van der Waals surface area (Å²) >= 11 is 0. The largest absolute Gasteiger partial charge is 0.465 e. The normalized spacial score (nSPS) is 10.1. The first-order valence-corrected chi connectivity index (χ1v) is 5.21. The third-order valence-electron chi connectivity index (χ3n) is 2.32. The van der Waals surface area contributed by atoms with E-state index in [4.69, 9.17) is 16.0 Å². The van der Waals surface area contributed by atoms with Gasteiger partial charge in [0.2, 0.25) is 0 Å². The molecule has 1 aromatic rings. The van der Waals surface area contributed by atoms with Crippen LogP contribution in [-0.2, 0) is 14.3 Å². The Morgan fingerprint density at radius 1 is 1.33 bits per heavy atom. The summed E-state index contributed by atoms with van der Waals surface area (Å²) in [7, 11) is 1.37. The highest BCUT2D eigenvalue weighted by molar-refractivity contribution is 5.89. The Kier molecular flexibility index (Phi) is 7.59. The Bertz CT molecular complexity index is 448. The first kappa shape index (κ1) is 15.6. The molecule has 4 nitrogen and oxygen atoms in total. The molecule has 0 heterocycles. The zero-order valence-electron chi connectivity index (χ0n) is 10.3. The van der Waals surface area contributed by atoms with Gasteiger partial charge in [-0.15, -0.1) is 12.3 Å². The summed E-state index contributed by atoms with van der Waals surface area (Å²) in [6.45, 7) is 2.06. The van der Waals surface area contributed by atoms with Gasteiger partial charge < -0.3 is 4.74 Å². The molecule has 18 heavy (non-hydrogen) atoms. The van der Waals surface area contributed by atoms with E-state index in [0.717, 1.165) is 5.56 Å². The van der Waals surface area contributed by atoms with E-state index in [2.05, 4.69) is 17.6 Å². The number of terminal acetylenes is 1. The Morgan fingerprint density at radius 2 is 1.83 bits per heavy atom. The number of carbonyl (C=O) groups excluding carboxylic acids is 3. The maximum atomic E-state index is 11.2. The van der Waals surface area contributed by atoms with Crippen LogP contribution in [0.4, 0.5) is 0 Å². The monoisotopic (exact) mass is 246 g/mol. The van der Waals surface area contributed by atoms with E-state index in [1.807, 2.05) is 12.1 Å². The standard InChI is InChI=1S/C13H14O2.CO2/c1-4-5-10(2)11-6-8-12(9-7-11)13(14)15-3;2-1-3/h1,6-10H,5H2,2-3H3;. The van der Waals surface area contributed by atoms with Gasteiger partial charge in [-0.3, -0.25) is 0 Å². The number of hydrogen-bond donors (Lipinski definition) is 0. The average molecular weight is 246 g/mol. The highest BCUT2D eigenvalue weighted by Crippen LogP contribution is 2.18. The second-order valence-electron chi connectivity index (χ2n) is 3.51. The summed E-state index contributed by atoms with van der Waals surface area (Å²) in [6, 6.07) is 7.34. The maximum absolute atomic E-state index is 11.2. The van der Waals surface area contributed by atoms with E-state index < -0.39 is 0 Å². The summed E-state index contributed by atoms with van der Waals surface area (Å²) in [4.78, 5) is 27.4. The maximum Gasteiger partial charge on any atom is 0.373 e. The third kappa shape index (κ3) is 5.11. The molecule has 0 saturated carbocycles. The fourth-order valence-electron chi connectivity index (χ4n) is 1.36. The molecule has 0 saturated heterocycles. The molecule has 4 heteroatoms. The number of methoxy groups -OCH3 is 1. The first-order chi connectivity index (χ1) is 8.60. The zero-order valence-corrected chi connectivity index (χ0v) is 10.3. The molecule has 0 aliphatic carbocycles. The predicted octanol–water partition coefficient (Wildman–Crippen LogP) is 2.02. The number of carbonyl (C=O) groups is 1. The zero-order chi connectivity index (χ0) is 14.0. The molecule has 0 bridgehead atoms. The van der Waals surface area contributed by atoms with Crippen molar-refractivity contribution in [1.29, 1.82) is 0 Å². The predicted molar refractivity (Wildman–Crippen MR) is 64.7 cm³/mol. The van der Waals surface area contributed by atoms with Crippen LogP contribution in [0.3, 0.4) is 0 Å². The molecule has 1 aromatic carbocycles. The van der Waals surface area contributed by atoms with Gasteiger partial charge in [0, 0.05) is 6.42 Å². The molecule has 0 aliphatic heterocycles. The van der Waals surface area contributed by atoms with Crippen molar-refractivity contribution < 1.29 is 19.1 Å². The molecule has 0 N–H and O–H groups in total. The van der Waals surface area contributed by atoms with Crippen LogP contribution in [0, 0.1) is 12.3 Å². The lowest BCUT2D eigenvalue weighted by molar-refractivity contribution is -0.191. The Balaban J connectivity index is 0.000000873. The van der Waals surface area contributed by atoms with Gasteiger partial charge in [-0.2, -0.15) is 9.59 Å². The van der Waals surface area contributed by atoms with E-state index in [9.17, 15) is 4.79 Å². The second kappa shape index (κ2) is 8.74. The minimum atomic E-state index is -0.314. The lowest BCUT2D eigenvalue weighted by atomic mass is 9.97. The van der Waals surface area contributed by atoms with Crippen molar-refractivity contribution in [2.45, 2.75) is 19.3 Å². The number of esters is 1. The SMILES string of the molecule is C#CCC(C)c1ccc(C(=O)OC)cc1.O=C=O. The van der Waals surface area contributed by atoms with Crippen molar-refractivity contribution in [3.05, 3.63) is 35.4 Å². The number of ether oxygens (including phenoxy) is 1. The van der Waals surface area contributed by atoms with Gasteiger partial charge in [0.05, 0.1) is 12.7 Å². The quantitative estimate of drug-likeness (QED) is 0.604.